The van der Waals surface area contributed by atoms with E-state index in [-0.39, 0.29) is 6.54 Å². The second-order valence-corrected chi connectivity index (χ2v) is 7.04. The highest BCUT2D eigenvalue weighted by Crippen LogP contribution is 2.27. The Hall–Kier alpha value is -3.39. The molecule has 3 aromatic rings. The topological polar surface area (TPSA) is 89.0 Å². The van der Waals surface area contributed by atoms with E-state index in [0.717, 1.165) is 15.6 Å². The summed E-state index contributed by atoms with van der Waals surface area (Å²) in [5.41, 5.74) is 4.51. The highest BCUT2D eigenvalue weighted by molar-refractivity contribution is 7.17. The standard InChI is InChI=1S/C21H21N3O4S/c1-13(16-12-29-19-7-5-4-6-15(16)19)23-24-20(25)11-22-21(26)14-8-9-17(27-2)18(10-14)28-3/h4-10,12H,11H2,1-3H3,(H,22,26)(H,24,25). The van der Waals surface area contributed by atoms with Gasteiger partial charge in [-0.05, 0) is 31.2 Å². The Morgan fingerprint density at radius 2 is 1.83 bits per heavy atom. The SMILES string of the molecule is COc1ccc(C(=O)NCC(=O)NN=C(C)c2csc3ccccc23)cc1OC. The zero-order valence-electron chi connectivity index (χ0n) is 16.3. The lowest BCUT2D eigenvalue weighted by Gasteiger charge is -2.09. The number of ether oxygens (including phenoxy) is 2. The number of carbonyl (C=O) groups is 2. The molecule has 2 amide bonds. The van der Waals surface area contributed by atoms with Crippen LogP contribution in [0.15, 0.2) is 52.9 Å². The van der Waals surface area contributed by atoms with E-state index >= 15 is 0 Å². The number of methoxy groups -OCH3 is 2. The van der Waals surface area contributed by atoms with Crippen molar-refractivity contribution in [3.8, 4) is 11.5 Å². The summed E-state index contributed by atoms with van der Waals surface area (Å²) in [6.07, 6.45) is 0. The van der Waals surface area contributed by atoms with E-state index in [9.17, 15) is 9.59 Å². The first-order valence-electron chi connectivity index (χ1n) is 8.83. The molecule has 0 aliphatic rings. The fourth-order valence-electron chi connectivity index (χ4n) is 2.74. The van der Waals surface area contributed by atoms with Gasteiger partial charge in [-0.25, -0.2) is 5.43 Å². The van der Waals surface area contributed by atoms with Gasteiger partial charge in [0.05, 0.1) is 26.5 Å². The third-order valence-electron chi connectivity index (χ3n) is 4.27. The molecule has 1 heterocycles. The van der Waals surface area contributed by atoms with E-state index in [2.05, 4.69) is 15.8 Å². The van der Waals surface area contributed by atoms with Crippen LogP contribution in [0.1, 0.15) is 22.8 Å². The number of rotatable bonds is 7. The molecule has 0 aliphatic carbocycles. The van der Waals surface area contributed by atoms with Crippen LogP contribution < -0.4 is 20.2 Å². The number of benzene rings is 2. The van der Waals surface area contributed by atoms with Gasteiger partial charge in [0.15, 0.2) is 11.5 Å². The smallest absolute Gasteiger partial charge is 0.259 e. The van der Waals surface area contributed by atoms with Gasteiger partial charge in [0, 0.05) is 26.6 Å². The van der Waals surface area contributed by atoms with Crippen LogP contribution >= 0.6 is 11.3 Å². The number of hydrogen-bond acceptors (Lipinski definition) is 6. The van der Waals surface area contributed by atoms with Crippen molar-refractivity contribution in [2.24, 2.45) is 5.10 Å². The molecule has 0 bridgehead atoms. The summed E-state index contributed by atoms with van der Waals surface area (Å²) in [4.78, 5) is 24.3. The fourth-order valence-corrected chi connectivity index (χ4v) is 3.75. The molecule has 0 atom stereocenters. The number of nitrogens with one attached hydrogen (secondary N) is 2. The van der Waals surface area contributed by atoms with E-state index in [0.29, 0.717) is 22.8 Å². The summed E-state index contributed by atoms with van der Waals surface area (Å²) in [5.74, 6) is 0.142. The lowest BCUT2D eigenvalue weighted by molar-refractivity contribution is -0.120. The average molecular weight is 411 g/mol. The van der Waals surface area contributed by atoms with Crippen molar-refractivity contribution in [1.29, 1.82) is 0 Å². The third kappa shape index (κ3) is 4.72. The minimum absolute atomic E-state index is 0.200. The summed E-state index contributed by atoms with van der Waals surface area (Å²) in [6.45, 7) is 1.63. The van der Waals surface area contributed by atoms with Crippen LogP contribution in [0, 0.1) is 0 Å². The number of thiophene rings is 1. The molecule has 29 heavy (non-hydrogen) atoms. The van der Waals surface area contributed by atoms with Gasteiger partial charge >= 0.3 is 0 Å². The van der Waals surface area contributed by atoms with E-state index in [1.165, 1.54) is 14.2 Å². The van der Waals surface area contributed by atoms with Crippen LogP contribution in [0.4, 0.5) is 0 Å². The Labute approximate surface area is 172 Å². The van der Waals surface area contributed by atoms with Crippen molar-refractivity contribution >= 4 is 38.9 Å². The Kier molecular flexibility index (Phi) is 6.46. The van der Waals surface area contributed by atoms with Gasteiger partial charge in [0.2, 0.25) is 0 Å². The maximum atomic E-state index is 12.3. The zero-order valence-corrected chi connectivity index (χ0v) is 17.1. The normalized spacial score (nSPS) is 11.2. The molecule has 1 aromatic heterocycles. The fraction of sp³-hybridized carbons (Fsp3) is 0.190. The Morgan fingerprint density at radius 3 is 2.59 bits per heavy atom. The molecule has 0 unspecified atom stereocenters. The molecule has 0 spiro atoms. The summed E-state index contributed by atoms with van der Waals surface area (Å²) < 4.78 is 11.5. The summed E-state index contributed by atoms with van der Waals surface area (Å²) in [6, 6.07) is 12.8. The number of nitrogens with zero attached hydrogens (tertiary/aromatic N) is 1. The van der Waals surface area contributed by atoms with Crippen LogP contribution in [0.25, 0.3) is 10.1 Å². The molecule has 7 nitrogen and oxygen atoms in total. The van der Waals surface area contributed by atoms with Gasteiger partial charge in [0.1, 0.15) is 0 Å². The van der Waals surface area contributed by atoms with Crippen molar-refractivity contribution in [3.05, 3.63) is 59.0 Å². The lowest BCUT2D eigenvalue weighted by atomic mass is 10.1. The molecule has 0 saturated heterocycles. The van der Waals surface area contributed by atoms with E-state index in [1.807, 2.05) is 36.6 Å². The van der Waals surface area contributed by atoms with Crippen LogP contribution in [0.5, 0.6) is 11.5 Å². The molecule has 0 saturated carbocycles. The number of carbonyl (C=O) groups excluding carboxylic acids is 2. The quantitative estimate of drug-likeness (QED) is 0.462. The predicted molar refractivity (Wildman–Crippen MR) is 114 cm³/mol. The van der Waals surface area contributed by atoms with Gasteiger partial charge in [-0.1, -0.05) is 18.2 Å². The molecule has 3 rings (SSSR count). The number of hydrazone groups is 1. The molecule has 0 aliphatic heterocycles. The second-order valence-electron chi connectivity index (χ2n) is 6.13. The van der Waals surface area contributed by atoms with Crippen LogP contribution in [-0.4, -0.2) is 38.3 Å². The largest absolute Gasteiger partial charge is 0.493 e. The van der Waals surface area contributed by atoms with E-state index in [4.69, 9.17) is 9.47 Å². The third-order valence-corrected chi connectivity index (χ3v) is 5.24. The van der Waals surface area contributed by atoms with Gasteiger partial charge in [-0.3, -0.25) is 9.59 Å². The first-order chi connectivity index (χ1) is 14.0. The Morgan fingerprint density at radius 1 is 1.07 bits per heavy atom. The van der Waals surface area contributed by atoms with Crippen molar-refractivity contribution < 1.29 is 19.1 Å². The Bertz CT molecular complexity index is 1070. The second kappa shape index (κ2) is 9.20. The van der Waals surface area contributed by atoms with Crippen molar-refractivity contribution in [2.75, 3.05) is 20.8 Å². The van der Waals surface area contributed by atoms with Gasteiger partial charge in [-0.15, -0.1) is 11.3 Å². The van der Waals surface area contributed by atoms with Gasteiger partial charge < -0.3 is 14.8 Å². The minimum atomic E-state index is -0.419. The molecular formula is C21H21N3O4S. The van der Waals surface area contributed by atoms with Crippen molar-refractivity contribution in [2.45, 2.75) is 6.92 Å². The Balaban J connectivity index is 1.58. The molecule has 8 heteroatoms. The first kappa shape index (κ1) is 20.3. The maximum absolute atomic E-state index is 12.3. The van der Waals surface area contributed by atoms with Gasteiger partial charge in [0.25, 0.3) is 11.8 Å². The zero-order chi connectivity index (χ0) is 20.8. The molecule has 2 aromatic carbocycles. The van der Waals surface area contributed by atoms with Crippen LogP contribution in [0.3, 0.4) is 0 Å². The average Bonchev–Trinajstić information content (AvgIpc) is 3.19. The lowest BCUT2D eigenvalue weighted by Crippen LogP contribution is -2.35. The van der Waals surface area contributed by atoms with Crippen LogP contribution in [0.2, 0.25) is 0 Å². The minimum Gasteiger partial charge on any atom is -0.493 e. The summed E-state index contributed by atoms with van der Waals surface area (Å²) in [5, 5.41) is 9.82. The van der Waals surface area contributed by atoms with E-state index < -0.39 is 11.8 Å². The summed E-state index contributed by atoms with van der Waals surface area (Å²) >= 11 is 1.62. The van der Waals surface area contributed by atoms with Crippen molar-refractivity contribution in [3.63, 3.8) is 0 Å². The number of fused-ring (bicyclic) bond motifs is 1. The number of hydrogen-bond donors (Lipinski definition) is 2. The predicted octanol–water partition coefficient (Wildman–Crippen LogP) is 3.19. The van der Waals surface area contributed by atoms with Crippen LogP contribution in [-0.2, 0) is 4.79 Å². The molecule has 0 radical (unpaired) electrons. The maximum Gasteiger partial charge on any atom is 0.259 e. The molecule has 150 valence electrons. The molecular weight excluding hydrogens is 390 g/mol. The monoisotopic (exact) mass is 411 g/mol. The highest BCUT2D eigenvalue weighted by atomic mass is 32.1. The first-order valence-corrected chi connectivity index (χ1v) is 9.71. The number of amides is 2. The van der Waals surface area contributed by atoms with Crippen molar-refractivity contribution in [1.82, 2.24) is 10.7 Å². The molecule has 0 fully saturated rings. The molecule has 2 N–H and O–H groups in total. The highest BCUT2D eigenvalue weighted by Gasteiger charge is 2.12. The van der Waals surface area contributed by atoms with E-state index in [1.54, 1.807) is 29.5 Å². The van der Waals surface area contributed by atoms with Gasteiger partial charge in [-0.2, -0.15) is 5.10 Å². The summed E-state index contributed by atoms with van der Waals surface area (Å²) in [7, 11) is 3.01.